The Morgan fingerprint density at radius 3 is 2.52 bits per heavy atom. The van der Waals surface area contributed by atoms with Crippen LogP contribution in [0.25, 0.3) is 0 Å². The number of hydrazine groups is 1. The van der Waals surface area contributed by atoms with E-state index in [4.69, 9.17) is 12.2 Å². The molecule has 3 N–H and O–H groups in total. The fourth-order valence-corrected chi connectivity index (χ4v) is 2.63. The van der Waals surface area contributed by atoms with E-state index in [1.165, 1.54) is 25.7 Å². The molecule has 1 rings (SSSR count). The molecule has 0 radical (unpaired) electrons. The lowest BCUT2D eigenvalue weighted by Gasteiger charge is -2.15. The second-order valence-electron chi connectivity index (χ2n) is 5.62. The molecule has 1 aromatic rings. The van der Waals surface area contributed by atoms with E-state index in [2.05, 4.69) is 30.0 Å². The summed E-state index contributed by atoms with van der Waals surface area (Å²) < 4.78 is 0. The molecule has 1 aromatic carbocycles. The van der Waals surface area contributed by atoms with Crippen LogP contribution < -0.4 is 16.2 Å². The van der Waals surface area contributed by atoms with Gasteiger partial charge in [0.1, 0.15) is 0 Å². The lowest BCUT2D eigenvalue weighted by Crippen LogP contribution is -2.47. The Hall–Kier alpha value is -1.27. The largest absolute Gasteiger partial charge is 0.361 e. The molecule has 0 unspecified atom stereocenters. The Kier molecular flexibility index (Phi) is 9.71. The predicted molar refractivity (Wildman–Crippen MR) is 103 cm³/mol. The van der Waals surface area contributed by atoms with E-state index in [0.717, 1.165) is 11.4 Å². The van der Waals surface area contributed by atoms with E-state index in [1.54, 1.807) is 23.9 Å². The maximum absolute atomic E-state index is 12.0. The van der Waals surface area contributed by atoms with Crippen LogP contribution in [0.5, 0.6) is 0 Å². The smallest absolute Gasteiger partial charge is 0.269 e. The molecule has 1 atom stereocenters. The molecule has 1 amide bonds. The molecular weight excluding hydrogens is 326 g/mol. The van der Waals surface area contributed by atoms with Crippen LogP contribution >= 0.6 is 24.0 Å². The fourth-order valence-electron chi connectivity index (χ4n) is 2.08. The third-order valence-corrected chi connectivity index (χ3v) is 4.54. The third-order valence-electron chi connectivity index (χ3n) is 3.55. The number of hydrogen-bond donors (Lipinski definition) is 3. The van der Waals surface area contributed by atoms with Gasteiger partial charge in [0.2, 0.25) is 0 Å². The van der Waals surface area contributed by atoms with Gasteiger partial charge in [0, 0.05) is 17.0 Å². The number of nitrogens with one attached hydrogen (secondary N) is 3. The van der Waals surface area contributed by atoms with Gasteiger partial charge >= 0.3 is 0 Å². The van der Waals surface area contributed by atoms with Gasteiger partial charge in [-0.2, -0.15) is 0 Å². The van der Waals surface area contributed by atoms with Gasteiger partial charge in [0.05, 0.1) is 0 Å². The number of thioether (sulfide) groups is 1. The SMILES string of the molecule is CCCCC[C@H](C)CNC(=S)NNC(=O)c1ccc(SC)cc1. The van der Waals surface area contributed by atoms with Gasteiger partial charge in [-0.1, -0.05) is 33.1 Å². The van der Waals surface area contributed by atoms with Crippen molar-refractivity contribution in [3.05, 3.63) is 29.8 Å². The van der Waals surface area contributed by atoms with Crippen molar-refractivity contribution in [2.45, 2.75) is 44.4 Å². The Morgan fingerprint density at radius 2 is 1.91 bits per heavy atom. The van der Waals surface area contributed by atoms with Gasteiger partial charge in [-0.3, -0.25) is 15.6 Å². The maximum Gasteiger partial charge on any atom is 0.269 e. The number of carbonyl (C=O) groups excluding carboxylic acids is 1. The summed E-state index contributed by atoms with van der Waals surface area (Å²) in [6, 6.07) is 7.45. The van der Waals surface area contributed by atoms with E-state index in [-0.39, 0.29) is 5.91 Å². The van der Waals surface area contributed by atoms with Crippen molar-refractivity contribution >= 4 is 35.0 Å². The topological polar surface area (TPSA) is 53.2 Å². The third kappa shape index (κ3) is 8.23. The molecular formula is C17H27N3OS2. The van der Waals surface area contributed by atoms with Crippen LogP contribution in [-0.4, -0.2) is 23.8 Å². The standard InChI is InChI=1S/C17H27N3OS2/c1-4-5-6-7-13(2)12-18-17(22)20-19-16(21)14-8-10-15(23-3)11-9-14/h8-11,13H,4-7,12H2,1-3H3,(H,19,21)(H2,18,20,22)/t13-/m0/s1. The summed E-state index contributed by atoms with van der Waals surface area (Å²) in [6.45, 7) is 5.23. The minimum atomic E-state index is -0.196. The molecule has 0 fully saturated rings. The molecule has 0 saturated heterocycles. The number of thiocarbonyl (C=S) groups is 1. The van der Waals surface area contributed by atoms with E-state index in [1.807, 2.05) is 18.4 Å². The zero-order valence-corrected chi connectivity index (χ0v) is 15.8. The van der Waals surface area contributed by atoms with Gasteiger partial charge in [0.15, 0.2) is 5.11 Å². The first-order valence-corrected chi connectivity index (χ1v) is 9.68. The highest BCUT2D eigenvalue weighted by Gasteiger charge is 2.06. The molecule has 0 aromatic heterocycles. The van der Waals surface area contributed by atoms with E-state index >= 15 is 0 Å². The molecule has 0 heterocycles. The number of unbranched alkanes of at least 4 members (excludes halogenated alkanes) is 2. The van der Waals surface area contributed by atoms with Crippen LogP contribution in [0.3, 0.4) is 0 Å². The number of hydrogen-bond acceptors (Lipinski definition) is 3. The Morgan fingerprint density at radius 1 is 1.22 bits per heavy atom. The Bertz CT molecular complexity index is 491. The Labute approximate surface area is 149 Å². The summed E-state index contributed by atoms with van der Waals surface area (Å²) in [6.07, 6.45) is 6.96. The summed E-state index contributed by atoms with van der Waals surface area (Å²) in [7, 11) is 0. The van der Waals surface area contributed by atoms with Crippen LogP contribution in [0.2, 0.25) is 0 Å². The predicted octanol–water partition coefficient (Wildman–Crippen LogP) is 3.73. The average Bonchev–Trinajstić information content (AvgIpc) is 2.58. The molecule has 0 spiro atoms. The van der Waals surface area contributed by atoms with Crippen molar-refractivity contribution in [3.63, 3.8) is 0 Å². The first-order chi connectivity index (χ1) is 11.1. The summed E-state index contributed by atoms with van der Waals surface area (Å²) in [5, 5.41) is 3.58. The molecule has 0 aliphatic rings. The van der Waals surface area contributed by atoms with Crippen molar-refractivity contribution in [2.24, 2.45) is 5.92 Å². The number of rotatable bonds is 8. The molecule has 6 heteroatoms. The maximum atomic E-state index is 12.0. The van der Waals surface area contributed by atoms with Crippen molar-refractivity contribution in [2.75, 3.05) is 12.8 Å². The lowest BCUT2D eigenvalue weighted by molar-refractivity contribution is 0.0943. The molecule has 0 bridgehead atoms. The molecule has 0 aliphatic heterocycles. The molecule has 0 saturated carbocycles. The number of amides is 1. The fraction of sp³-hybridized carbons (Fsp3) is 0.529. The van der Waals surface area contributed by atoms with Gasteiger partial charge in [-0.15, -0.1) is 11.8 Å². The van der Waals surface area contributed by atoms with Crippen molar-refractivity contribution in [1.29, 1.82) is 0 Å². The van der Waals surface area contributed by atoms with Crippen molar-refractivity contribution in [3.8, 4) is 0 Å². The zero-order valence-electron chi connectivity index (χ0n) is 14.1. The highest BCUT2D eigenvalue weighted by molar-refractivity contribution is 7.98. The van der Waals surface area contributed by atoms with E-state index in [9.17, 15) is 4.79 Å². The lowest BCUT2D eigenvalue weighted by atomic mass is 10.0. The monoisotopic (exact) mass is 353 g/mol. The van der Waals surface area contributed by atoms with Gasteiger partial charge in [-0.05, 0) is 55.1 Å². The van der Waals surface area contributed by atoms with Crippen LogP contribution in [0, 0.1) is 5.92 Å². The van der Waals surface area contributed by atoms with E-state index in [0.29, 0.717) is 16.6 Å². The first kappa shape index (κ1) is 19.8. The van der Waals surface area contributed by atoms with Crippen molar-refractivity contribution < 1.29 is 4.79 Å². The van der Waals surface area contributed by atoms with Crippen LogP contribution in [0.4, 0.5) is 0 Å². The second-order valence-corrected chi connectivity index (χ2v) is 6.91. The quantitative estimate of drug-likeness (QED) is 0.288. The molecule has 4 nitrogen and oxygen atoms in total. The highest BCUT2D eigenvalue weighted by atomic mass is 32.2. The first-order valence-electron chi connectivity index (χ1n) is 8.05. The highest BCUT2D eigenvalue weighted by Crippen LogP contribution is 2.14. The molecule has 23 heavy (non-hydrogen) atoms. The summed E-state index contributed by atoms with van der Waals surface area (Å²) in [4.78, 5) is 13.1. The second kappa shape index (κ2) is 11.3. The minimum absolute atomic E-state index is 0.196. The number of benzene rings is 1. The average molecular weight is 354 g/mol. The Balaban J connectivity index is 2.25. The van der Waals surface area contributed by atoms with Gasteiger partial charge in [-0.25, -0.2) is 0 Å². The summed E-state index contributed by atoms with van der Waals surface area (Å²) in [5.74, 6) is 0.369. The van der Waals surface area contributed by atoms with Gasteiger partial charge < -0.3 is 5.32 Å². The van der Waals surface area contributed by atoms with Gasteiger partial charge in [0.25, 0.3) is 5.91 Å². The normalized spacial score (nSPS) is 11.6. The van der Waals surface area contributed by atoms with Crippen LogP contribution in [0.1, 0.15) is 49.9 Å². The van der Waals surface area contributed by atoms with Crippen molar-refractivity contribution in [1.82, 2.24) is 16.2 Å². The number of carbonyl (C=O) groups is 1. The summed E-state index contributed by atoms with van der Waals surface area (Å²) in [5.41, 5.74) is 5.96. The van der Waals surface area contributed by atoms with Crippen LogP contribution in [-0.2, 0) is 0 Å². The van der Waals surface area contributed by atoms with Crippen LogP contribution in [0.15, 0.2) is 29.2 Å². The summed E-state index contributed by atoms with van der Waals surface area (Å²) >= 11 is 6.82. The molecule has 128 valence electrons. The molecule has 0 aliphatic carbocycles. The minimum Gasteiger partial charge on any atom is -0.361 e. The van der Waals surface area contributed by atoms with E-state index < -0.39 is 0 Å². The zero-order chi connectivity index (χ0) is 17.1.